The van der Waals surface area contributed by atoms with Crippen molar-refractivity contribution in [1.29, 1.82) is 0 Å². The van der Waals surface area contributed by atoms with Crippen molar-refractivity contribution < 1.29 is 9.21 Å². The third-order valence-corrected chi connectivity index (χ3v) is 5.71. The molecule has 0 radical (unpaired) electrons. The molecule has 31 heavy (non-hydrogen) atoms. The maximum atomic E-state index is 11.9. The van der Waals surface area contributed by atoms with E-state index in [0.29, 0.717) is 12.5 Å². The predicted molar refractivity (Wildman–Crippen MR) is 118 cm³/mol. The lowest BCUT2D eigenvalue weighted by Gasteiger charge is -2.24. The van der Waals surface area contributed by atoms with Crippen molar-refractivity contribution in [2.75, 3.05) is 11.9 Å². The molecule has 0 spiro atoms. The van der Waals surface area contributed by atoms with Gasteiger partial charge in [-0.2, -0.15) is 4.98 Å². The van der Waals surface area contributed by atoms with Crippen LogP contribution in [0.5, 0.6) is 0 Å². The van der Waals surface area contributed by atoms with Gasteiger partial charge in [0.25, 0.3) is 0 Å². The van der Waals surface area contributed by atoms with Crippen LogP contribution < -0.4 is 10.6 Å². The Labute approximate surface area is 179 Å². The van der Waals surface area contributed by atoms with Gasteiger partial charge in [0.05, 0.1) is 6.20 Å². The second kappa shape index (κ2) is 8.59. The van der Waals surface area contributed by atoms with Crippen LogP contribution in [0.4, 0.5) is 11.6 Å². The number of nitrogens with zero attached hydrogens (tertiary/aromatic N) is 4. The Bertz CT molecular complexity index is 1160. The monoisotopic (exact) mass is 416 g/mol. The number of aromatic nitrogens is 4. The maximum Gasteiger partial charge on any atom is 0.229 e. The van der Waals surface area contributed by atoms with Crippen LogP contribution in [0.25, 0.3) is 22.4 Å². The number of rotatable bonds is 8. The average molecular weight is 416 g/mol. The Hall–Kier alpha value is -3.68. The molecule has 0 aliphatic heterocycles. The SMILES string of the molecule is O=C(NCCCn1ccc2cnc(Nc3ccc(-c4cnco4)cc3)nc21)C1CCC1. The number of oxazole rings is 1. The molecule has 1 fully saturated rings. The molecule has 158 valence electrons. The minimum absolute atomic E-state index is 0.201. The van der Waals surface area contributed by atoms with Gasteiger partial charge in [-0.15, -0.1) is 0 Å². The summed E-state index contributed by atoms with van der Waals surface area (Å²) >= 11 is 0. The van der Waals surface area contributed by atoms with Crippen LogP contribution in [-0.4, -0.2) is 32.0 Å². The first kappa shape index (κ1) is 19.3. The van der Waals surface area contributed by atoms with Crippen molar-refractivity contribution >= 4 is 28.6 Å². The second-order valence-electron chi connectivity index (χ2n) is 7.82. The summed E-state index contributed by atoms with van der Waals surface area (Å²) in [6.45, 7) is 1.47. The van der Waals surface area contributed by atoms with Crippen molar-refractivity contribution in [3.63, 3.8) is 0 Å². The molecule has 0 bridgehead atoms. The van der Waals surface area contributed by atoms with Crippen molar-refractivity contribution in [2.45, 2.75) is 32.2 Å². The highest BCUT2D eigenvalue weighted by Crippen LogP contribution is 2.26. The zero-order valence-corrected chi connectivity index (χ0v) is 17.1. The van der Waals surface area contributed by atoms with Crippen molar-refractivity contribution in [2.24, 2.45) is 5.92 Å². The summed E-state index contributed by atoms with van der Waals surface area (Å²) in [5, 5.41) is 7.29. The summed E-state index contributed by atoms with van der Waals surface area (Å²) in [5.74, 6) is 1.70. The van der Waals surface area contributed by atoms with Gasteiger partial charge in [-0.3, -0.25) is 4.79 Å². The number of aryl methyl sites for hydroxylation is 1. The van der Waals surface area contributed by atoms with Gasteiger partial charge in [-0.1, -0.05) is 6.42 Å². The lowest BCUT2D eigenvalue weighted by atomic mass is 9.85. The average Bonchev–Trinajstić information content (AvgIpc) is 3.41. The molecule has 5 rings (SSSR count). The number of hydrogen-bond donors (Lipinski definition) is 2. The van der Waals surface area contributed by atoms with Crippen LogP contribution in [0.2, 0.25) is 0 Å². The third-order valence-electron chi connectivity index (χ3n) is 5.71. The summed E-state index contributed by atoms with van der Waals surface area (Å²) in [4.78, 5) is 25.0. The molecule has 0 atom stereocenters. The highest BCUT2D eigenvalue weighted by atomic mass is 16.3. The number of benzene rings is 1. The molecule has 8 heteroatoms. The van der Waals surface area contributed by atoms with Gasteiger partial charge in [0.15, 0.2) is 12.2 Å². The first-order chi connectivity index (χ1) is 15.3. The quantitative estimate of drug-likeness (QED) is 0.419. The van der Waals surface area contributed by atoms with Gasteiger partial charge in [-0.25, -0.2) is 9.97 Å². The van der Waals surface area contributed by atoms with Gasteiger partial charge < -0.3 is 19.6 Å². The van der Waals surface area contributed by atoms with Crippen LogP contribution in [0, 0.1) is 5.92 Å². The zero-order chi connectivity index (χ0) is 21.0. The minimum Gasteiger partial charge on any atom is -0.444 e. The molecule has 0 unspecified atom stereocenters. The highest BCUT2D eigenvalue weighted by Gasteiger charge is 2.24. The zero-order valence-electron chi connectivity index (χ0n) is 17.1. The molecule has 0 saturated heterocycles. The molecular weight excluding hydrogens is 392 g/mol. The van der Waals surface area contributed by atoms with Crippen LogP contribution in [-0.2, 0) is 11.3 Å². The van der Waals surface area contributed by atoms with E-state index in [1.54, 1.807) is 6.20 Å². The summed E-state index contributed by atoms with van der Waals surface area (Å²) < 4.78 is 7.42. The molecule has 1 saturated carbocycles. The number of hydrogen-bond acceptors (Lipinski definition) is 6. The fourth-order valence-electron chi connectivity index (χ4n) is 3.69. The Balaban J connectivity index is 1.21. The number of fused-ring (bicyclic) bond motifs is 1. The lowest BCUT2D eigenvalue weighted by Crippen LogP contribution is -2.35. The summed E-state index contributed by atoms with van der Waals surface area (Å²) in [6.07, 6.45) is 11.0. The van der Waals surface area contributed by atoms with Crippen molar-refractivity contribution in [1.82, 2.24) is 24.8 Å². The number of nitrogens with one attached hydrogen (secondary N) is 2. The van der Waals surface area contributed by atoms with E-state index in [1.165, 1.54) is 12.8 Å². The fraction of sp³-hybridized carbons (Fsp3) is 0.304. The van der Waals surface area contributed by atoms with Gasteiger partial charge in [0.1, 0.15) is 5.65 Å². The van der Waals surface area contributed by atoms with Gasteiger partial charge in [-0.05, 0) is 49.6 Å². The van der Waals surface area contributed by atoms with E-state index in [2.05, 4.69) is 25.2 Å². The number of anilines is 2. The third kappa shape index (κ3) is 4.28. The molecule has 1 aliphatic rings. The predicted octanol–water partition coefficient (Wildman–Crippen LogP) is 4.14. The molecule has 2 N–H and O–H groups in total. The van der Waals surface area contributed by atoms with Crippen LogP contribution in [0.1, 0.15) is 25.7 Å². The Morgan fingerprint density at radius 1 is 1.16 bits per heavy atom. The minimum atomic E-state index is 0.201. The number of amides is 1. The van der Waals surface area contributed by atoms with E-state index in [0.717, 1.165) is 53.9 Å². The van der Waals surface area contributed by atoms with E-state index >= 15 is 0 Å². The van der Waals surface area contributed by atoms with Crippen LogP contribution >= 0.6 is 0 Å². The highest BCUT2D eigenvalue weighted by molar-refractivity contribution is 5.79. The molecule has 1 amide bonds. The Kier molecular flexibility index (Phi) is 5.35. The first-order valence-electron chi connectivity index (χ1n) is 10.6. The van der Waals surface area contributed by atoms with E-state index in [9.17, 15) is 4.79 Å². The lowest BCUT2D eigenvalue weighted by molar-refractivity contribution is -0.127. The smallest absolute Gasteiger partial charge is 0.229 e. The van der Waals surface area contributed by atoms with Gasteiger partial charge in [0, 0.05) is 48.0 Å². The molecule has 3 heterocycles. The summed E-state index contributed by atoms with van der Waals surface area (Å²) in [5.41, 5.74) is 2.72. The standard InChI is InChI=1S/C23H24N6O2/c30-22(17-3-1-4-17)25-10-2-11-29-12-9-18-13-26-23(28-21(18)29)27-19-7-5-16(6-8-19)20-14-24-15-31-20/h5-9,12-15,17H,1-4,10-11H2,(H,25,30)(H,26,27,28). The molecule has 1 aliphatic carbocycles. The second-order valence-corrected chi connectivity index (χ2v) is 7.82. The molecule has 3 aromatic heterocycles. The molecule has 8 nitrogen and oxygen atoms in total. The largest absolute Gasteiger partial charge is 0.444 e. The van der Waals surface area contributed by atoms with Crippen LogP contribution in [0.15, 0.2) is 59.7 Å². The van der Waals surface area contributed by atoms with E-state index in [4.69, 9.17) is 9.40 Å². The normalized spacial score (nSPS) is 13.8. The van der Waals surface area contributed by atoms with E-state index in [-0.39, 0.29) is 11.8 Å². The van der Waals surface area contributed by atoms with Crippen LogP contribution in [0.3, 0.4) is 0 Å². The molecule has 1 aromatic carbocycles. The Morgan fingerprint density at radius 2 is 2.03 bits per heavy atom. The van der Waals surface area contributed by atoms with Gasteiger partial charge >= 0.3 is 0 Å². The van der Waals surface area contributed by atoms with E-state index in [1.807, 2.05) is 42.7 Å². The van der Waals surface area contributed by atoms with Gasteiger partial charge in [0.2, 0.25) is 11.9 Å². The van der Waals surface area contributed by atoms with Crippen molar-refractivity contribution in [3.8, 4) is 11.3 Å². The summed E-state index contributed by atoms with van der Waals surface area (Å²) in [6, 6.07) is 9.84. The number of carbonyl (C=O) groups is 1. The molecular formula is C23H24N6O2. The first-order valence-corrected chi connectivity index (χ1v) is 10.6. The topological polar surface area (TPSA) is 97.9 Å². The van der Waals surface area contributed by atoms with Crippen molar-refractivity contribution in [3.05, 3.63) is 55.3 Å². The summed E-state index contributed by atoms with van der Waals surface area (Å²) in [7, 11) is 0. The molecule has 4 aromatic rings. The Morgan fingerprint density at radius 3 is 2.77 bits per heavy atom. The number of carbonyl (C=O) groups excluding carboxylic acids is 1. The fourth-order valence-corrected chi connectivity index (χ4v) is 3.69. The maximum absolute atomic E-state index is 11.9. The van der Waals surface area contributed by atoms with E-state index < -0.39 is 0 Å².